The molecule has 20 heavy (non-hydrogen) atoms. The van der Waals surface area contributed by atoms with Crippen LogP contribution in [0.15, 0.2) is 36.4 Å². The Morgan fingerprint density at radius 3 is 2.45 bits per heavy atom. The molecule has 0 saturated carbocycles. The van der Waals surface area contributed by atoms with E-state index in [1.54, 1.807) is 25.1 Å². The molecular formula is C16H16F2O2. The summed E-state index contributed by atoms with van der Waals surface area (Å²) in [5.74, 6) is -0.808. The van der Waals surface area contributed by atoms with Gasteiger partial charge >= 0.3 is 0 Å². The minimum Gasteiger partial charge on any atom is -0.494 e. The first kappa shape index (κ1) is 14.5. The van der Waals surface area contributed by atoms with Gasteiger partial charge in [-0.25, -0.2) is 8.78 Å². The normalized spacial score (nSPS) is 12.2. The lowest BCUT2D eigenvalue weighted by molar-refractivity contribution is 0.173. The van der Waals surface area contributed by atoms with Crippen LogP contribution in [0.1, 0.15) is 22.8 Å². The fraction of sp³-hybridized carbons (Fsp3) is 0.250. The van der Waals surface area contributed by atoms with E-state index in [-0.39, 0.29) is 17.7 Å². The Labute approximate surface area is 116 Å². The van der Waals surface area contributed by atoms with E-state index in [9.17, 15) is 13.9 Å². The first-order chi connectivity index (χ1) is 9.51. The Balaban J connectivity index is 2.18. The van der Waals surface area contributed by atoms with Crippen molar-refractivity contribution in [3.63, 3.8) is 0 Å². The summed E-state index contributed by atoms with van der Waals surface area (Å²) in [6.07, 6.45) is -0.871. The molecule has 0 amide bonds. The number of hydrogen-bond acceptors (Lipinski definition) is 2. The van der Waals surface area contributed by atoms with Crippen LogP contribution in [0.2, 0.25) is 0 Å². The van der Waals surface area contributed by atoms with Crippen LogP contribution in [0.5, 0.6) is 5.75 Å². The van der Waals surface area contributed by atoms with E-state index in [0.29, 0.717) is 5.56 Å². The fourth-order valence-corrected chi connectivity index (χ4v) is 2.07. The molecule has 0 radical (unpaired) electrons. The monoisotopic (exact) mass is 278 g/mol. The van der Waals surface area contributed by atoms with E-state index in [1.165, 1.54) is 25.3 Å². The maximum Gasteiger partial charge on any atom is 0.165 e. The van der Waals surface area contributed by atoms with Crippen molar-refractivity contribution in [1.82, 2.24) is 0 Å². The van der Waals surface area contributed by atoms with E-state index in [0.717, 1.165) is 5.56 Å². The number of methoxy groups -OCH3 is 1. The molecule has 4 heteroatoms. The molecular weight excluding hydrogens is 262 g/mol. The molecule has 1 atom stereocenters. The number of hydrogen-bond donors (Lipinski definition) is 1. The number of halogens is 2. The average Bonchev–Trinajstić information content (AvgIpc) is 2.38. The van der Waals surface area contributed by atoms with Gasteiger partial charge in [0.05, 0.1) is 13.2 Å². The van der Waals surface area contributed by atoms with Gasteiger partial charge in [0.25, 0.3) is 0 Å². The summed E-state index contributed by atoms with van der Waals surface area (Å²) in [6, 6.07) is 9.08. The van der Waals surface area contributed by atoms with Gasteiger partial charge in [-0.2, -0.15) is 0 Å². The molecule has 0 bridgehead atoms. The molecule has 1 N–H and O–H groups in total. The Bertz CT molecular complexity index is 611. The molecule has 0 heterocycles. The molecule has 2 aromatic rings. The van der Waals surface area contributed by atoms with Gasteiger partial charge < -0.3 is 9.84 Å². The van der Waals surface area contributed by atoms with Crippen molar-refractivity contribution < 1.29 is 18.6 Å². The van der Waals surface area contributed by atoms with Crippen LogP contribution in [0.4, 0.5) is 8.78 Å². The van der Waals surface area contributed by atoms with E-state index in [1.807, 2.05) is 0 Å². The minimum atomic E-state index is -1.01. The van der Waals surface area contributed by atoms with Gasteiger partial charge in [0.2, 0.25) is 0 Å². The SMILES string of the molecule is COc1ccc(CC(O)c2ccc(C)cc2F)cc1F. The van der Waals surface area contributed by atoms with Gasteiger partial charge in [0.15, 0.2) is 11.6 Å². The molecule has 0 aliphatic heterocycles. The average molecular weight is 278 g/mol. The van der Waals surface area contributed by atoms with E-state index in [4.69, 9.17) is 4.74 Å². The van der Waals surface area contributed by atoms with Crippen molar-refractivity contribution in [2.75, 3.05) is 7.11 Å². The van der Waals surface area contributed by atoms with Crippen molar-refractivity contribution in [1.29, 1.82) is 0 Å². The van der Waals surface area contributed by atoms with E-state index >= 15 is 0 Å². The maximum absolute atomic E-state index is 13.7. The molecule has 0 fully saturated rings. The number of ether oxygens (including phenoxy) is 1. The third-order valence-corrected chi connectivity index (χ3v) is 3.16. The topological polar surface area (TPSA) is 29.5 Å². The Morgan fingerprint density at radius 2 is 1.85 bits per heavy atom. The summed E-state index contributed by atoms with van der Waals surface area (Å²) in [4.78, 5) is 0. The predicted octanol–water partition coefficient (Wildman–Crippen LogP) is 3.56. The maximum atomic E-state index is 13.7. The van der Waals surface area contributed by atoms with Gasteiger partial charge in [-0.15, -0.1) is 0 Å². The molecule has 106 valence electrons. The summed E-state index contributed by atoms with van der Waals surface area (Å²) in [6.45, 7) is 1.78. The first-order valence-corrected chi connectivity index (χ1v) is 6.28. The number of rotatable bonds is 4. The second-order valence-electron chi connectivity index (χ2n) is 4.71. The van der Waals surface area contributed by atoms with Crippen LogP contribution in [-0.2, 0) is 6.42 Å². The predicted molar refractivity (Wildman–Crippen MR) is 72.8 cm³/mol. The highest BCUT2D eigenvalue weighted by Gasteiger charge is 2.14. The highest BCUT2D eigenvalue weighted by Crippen LogP contribution is 2.24. The highest BCUT2D eigenvalue weighted by molar-refractivity contribution is 5.31. The van der Waals surface area contributed by atoms with Crippen LogP contribution < -0.4 is 4.74 Å². The first-order valence-electron chi connectivity index (χ1n) is 6.28. The van der Waals surface area contributed by atoms with Crippen molar-refractivity contribution in [3.05, 3.63) is 64.7 Å². The molecule has 0 aliphatic rings. The van der Waals surface area contributed by atoms with Crippen LogP contribution >= 0.6 is 0 Å². The van der Waals surface area contributed by atoms with Crippen LogP contribution in [-0.4, -0.2) is 12.2 Å². The molecule has 0 aromatic heterocycles. The number of aliphatic hydroxyl groups excluding tert-OH is 1. The summed E-state index contributed by atoms with van der Waals surface area (Å²) in [5.41, 5.74) is 1.58. The highest BCUT2D eigenvalue weighted by atomic mass is 19.1. The summed E-state index contributed by atoms with van der Waals surface area (Å²) >= 11 is 0. The Hall–Kier alpha value is -1.94. The third kappa shape index (κ3) is 3.14. The molecule has 0 saturated heterocycles. The largest absolute Gasteiger partial charge is 0.494 e. The summed E-state index contributed by atoms with van der Waals surface area (Å²) in [7, 11) is 1.38. The van der Waals surface area contributed by atoms with Gasteiger partial charge in [-0.05, 0) is 36.2 Å². The fourth-order valence-electron chi connectivity index (χ4n) is 2.07. The minimum absolute atomic E-state index is 0.140. The molecule has 2 nitrogen and oxygen atoms in total. The van der Waals surface area contributed by atoms with Crippen LogP contribution in [0.25, 0.3) is 0 Å². The number of aliphatic hydroxyl groups is 1. The molecule has 0 spiro atoms. The van der Waals surface area contributed by atoms with Gasteiger partial charge in [-0.3, -0.25) is 0 Å². The zero-order valence-corrected chi connectivity index (χ0v) is 11.4. The lowest BCUT2D eigenvalue weighted by atomic mass is 10.00. The van der Waals surface area contributed by atoms with Gasteiger partial charge in [-0.1, -0.05) is 18.2 Å². The Kier molecular flexibility index (Phi) is 4.35. The molecule has 0 aliphatic carbocycles. The third-order valence-electron chi connectivity index (χ3n) is 3.16. The van der Waals surface area contributed by atoms with Crippen molar-refractivity contribution in [2.24, 2.45) is 0 Å². The zero-order valence-electron chi connectivity index (χ0n) is 11.4. The molecule has 2 rings (SSSR count). The van der Waals surface area contributed by atoms with Crippen molar-refractivity contribution >= 4 is 0 Å². The lowest BCUT2D eigenvalue weighted by Gasteiger charge is -2.13. The second kappa shape index (κ2) is 6.01. The van der Waals surface area contributed by atoms with Crippen LogP contribution in [0.3, 0.4) is 0 Å². The molecule has 1 unspecified atom stereocenters. The smallest absolute Gasteiger partial charge is 0.165 e. The van der Waals surface area contributed by atoms with E-state index < -0.39 is 17.7 Å². The quantitative estimate of drug-likeness (QED) is 0.926. The second-order valence-corrected chi connectivity index (χ2v) is 4.71. The molecule has 2 aromatic carbocycles. The lowest BCUT2D eigenvalue weighted by Crippen LogP contribution is -2.05. The van der Waals surface area contributed by atoms with Crippen molar-refractivity contribution in [2.45, 2.75) is 19.4 Å². The number of benzene rings is 2. The summed E-state index contributed by atoms with van der Waals surface area (Å²) < 4.78 is 32.1. The van der Waals surface area contributed by atoms with Crippen LogP contribution in [0, 0.1) is 18.6 Å². The summed E-state index contributed by atoms with van der Waals surface area (Å²) in [5, 5.41) is 10.1. The standard InChI is InChI=1S/C16H16F2O2/c1-10-3-5-12(13(17)7-10)15(19)9-11-4-6-16(20-2)14(18)8-11/h3-8,15,19H,9H2,1-2H3. The van der Waals surface area contributed by atoms with Gasteiger partial charge in [0.1, 0.15) is 5.82 Å². The van der Waals surface area contributed by atoms with Crippen molar-refractivity contribution in [3.8, 4) is 5.75 Å². The van der Waals surface area contributed by atoms with Gasteiger partial charge in [0, 0.05) is 12.0 Å². The zero-order chi connectivity index (χ0) is 14.7. The Morgan fingerprint density at radius 1 is 1.10 bits per heavy atom. The van der Waals surface area contributed by atoms with E-state index in [2.05, 4.69) is 0 Å². The number of aryl methyl sites for hydroxylation is 1.